The first-order chi connectivity index (χ1) is 19.9. The lowest BCUT2D eigenvalue weighted by atomic mass is 10.1. The fourth-order valence-electron chi connectivity index (χ4n) is 4.48. The molecule has 0 atom stereocenters. The quantitative estimate of drug-likeness (QED) is 0.269. The van der Waals surface area contributed by atoms with E-state index >= 15 is 0 Å². The molecule has 0 radical (unpaired) electrons. The fraction of sp³-hybridized carbons (Fsp3) is 0.121. The SMILES string of the molecule is COc1cc(/C=C2\N=C(c3ccccc3)N(c3ccc(C(=O)Nc4ccc(C)cc4)cc3)C2=O)cc(OC)c1OC. The number of methoxy groups -OCH3 is 3. The maximum Gasteiger partial charge on any atom is 0.282 e. The third kappa shape index (κ3) is 5.67. The zero-order valence-corrected chi connectivity index (χ0v) is 23.2. The number of aryl methyl sites for hydroxylation is 1. The Hall–Kier alpha value is -5.37. The number of carbonyl (C=O) groups excluding carboxylic acids is 2. The van der Waals surface area contributed by atoms with E-state index in [2.05, 4.69) is 5.32 Å². The molecule has 0 fully saturated rings. The van der Waals surface area contributed by atoms with Crippen molar-refractivity contribution in [3.63, 3.8) is 0 Å². The number of nitrogens with zero attached hydrogens (tertiary/aromatic N) is 2. The highest BCUT2D eigenvalue weighted by Crippen LogP contribution is 2.39. The molecule has 4 aromatic carbocycles. The van der Waals surface area contributed by atoms with Gasteiger partial charge in [0, 0.05) is 16.8 Å². The number of amidine groups is 1. The van der Waals surface area contributed by atoms with Crippen LogP contribution in [0.2, 0.25) is 0 Å². The van der Waals surface area contributed by atoms with Crippen LogP contribution in [0, 0.1) is 6.92 Å². The summed E-state index contributed by atoms with van der Waals surface area (Å²) < 4.78 is 16.3. The van der Waals surface area contributed by atoms with Gasteiger partial charge in [-0.3, -0.25) is 14.5 Å². The van der Waals surface area contributed by atoms with Gasteiger partial charge in [-0.1, -0.05) is 48.0 Å². The van der Waals surface area contributed by atoms with E-state index in [0.29, 0.717) is 45.6 Å². The predicted molar refractivity (Wildman–Crippen MR) is 160 cm³/mol. The smallest absolute Gasteiger partial charge is 0.282 e. The lowest BCUT2D eigenvalue weighted by Crippen LogP contribution is -2.32. The molecule has 0 spiro atoms. The van der Waals surface area contributed by atoms with E-state index in [1.54, 1.807) is 47.4 Å². The molecule has 1 N–H and O–H groups in total. The number of anilines is 2. The zero-order valence-electron chi connectivity index (χ0n) is 23.2. The van der Waals surface area contributed by atoms with Crippen LogP contribution in [0.25, 0.3) is 6.08 Å². The standard InChI is InChI=1S/C33H29N3O5/c1-21-10-14-25(15-11-21)34-32(37)24-12-16-26(17-13-24)36-31(23-8-6-5-7-9-23)35-27(33(36)38)18-22-19-28(39-2)30(41-4)29(20-22)40-3/h5-20H,1-4H3,(H,34,37)/b27-18-. The average Bonchev–Trinajstić information content (AvgIpc) is 3.33. The second-order valence-electron chi connectivity index (χ2n) is 9.30. The molecular weight excluding hydrogens is 518 g/mol. The minimum Gasteiger partial charge on any atom is -0.493 e. The molecule has 41 heavy (non-hydrogen) atoms. The van der Waals surface area contributed by atoms with E-state index in [9.17, 15) is 9.59 Å². The molecule has 0 saturated carbocycles. The normalized spacial score (nSPS) is 13.7. The number of hydrogen-bond donors (Lipinski definition) is 1. The summed E-state index contributed by atoms with van der Waals surface area (Å²) in [4.78, 5) is 32.9. The highest BCUT2D eigenvalue weighted by atomic mass is 16.5. The molecule has 4 aromatic rings. The number of aliphatic imine (C=N–C) groups is 1. The van der Waals surface area contributed by atoms with Gasteiger partial charge < -0.3 is 19.5 Å². The van der Waals surface area contributed by atoms with Crippen molar-refractivity contribution in [3.8, 4) is 17.2 Å². The molecule has 8 heteroatoms. The molecule has 206 valence electrons. The Morgan fingerprint density at radius 1 is 0.829 bits per heavy atom. The molecule has 5 rings (SSSR count). The largest absolute Gasteiger partial charge is 0.493 e. The number of rotatable bonds is 8. The van der Waals surface area contributed by atoms with Crippen molar-refractivity contribution in [1.29, 1.82) is 0 Å². The Labute approximate surface area is 238 Å². The minimum absolute atomic E-state index is 0.235. The summed E-state index contributed by atoms with van der Waals surface area (Å²) >= 11 is 0. The number of amides is 2. The van der Waals surface area contributed by atoms with E-state index in [-0.39, 0.29) is 17.5 Å². The Morgan fingerprint density at radius 2 is 1.46 bits per heavy atom. The summed E-state index contributed by atoms with van der Waals surface area (Å²) in [6.45, 7) is 1.99. The summed E-state index contributed by atoms with van der Waals surface area (Å²) in [6.07, 6.45) is 1.68. The molecule has 1 aliphatic rings. The summed E-state index contributed by atoms with van der Waals surface area (Å²) in [5.74, 6) is 1.31. The zero-order chi connectivity index (χ0) is 28.9. The van der Waals surface area contributed by atoms with Crippen LogP contribution in [0.5, 0.6) is 17.2 Å². The molecule has 0 saturated heterocycles. The van der Waals surface area contributed by atoms with E-state index in [4.69, 9.17) is 19.2 Å². The first-order valence-corrected chi connectivity index (χ1v) is 12.9. The molecule has 2 amide bonds. The van der Waals surface area contributed by atoms with Gasteiger partial charge in [-0.2, -0.15) is 0 Å². The third-order valence-corrected chi connectivity index (χ3v) is 6.58. The van der Waals surface area contributed by atoms with Crippen LogP contribution in [-0.2, 0) is 4.79 Å². The van der Waals surface area contributed by atoms with Crippen LogP contribution >= 0.6 is 0 Å². The van der Waals surface area contributed by atoms with Crippen LogP contribution in [-0.4, -0.2) is 39.0 Å². The van der Waals surface area contributed by atoms with Gasteiger partial charge >= 0.3 is 0 Å². The number of carbonyl (C=O) groups is 2. The third-order valence-electron chi connectivity index (χ3n) is 6.58. The predicted octanol–water partition coefficient (Wildman–Crippen LogP) is 6.11. The van der Waals surface area contributed by atoms with Gasteiger partial charge in [0.15, 0.2) is 11.5 Å². The van der Waals surface area contributed by atoms with Gasteiger partial charge in [0.25, 0.3) is 11.8 Å². The van der Waals surface area contributed by atoms with Crippen molar-refractivity contribution >= 4 is 35.1 Å². The van der Waals surface area contributed by atoms with E-state index in [0.717, 1.165) is 11.1 Å². The number of hydrogen-bond acceptors (Lipinski definition) is 6. The van der Waals surface area contributed by atoms with Crippen molar-refractivity contribution in [3.05, 3.63) is 119 Å². The Balaban J connectivity index is 1.48. The second-order valence-corrected chi connectivity index (χ2v) is 9.30. The average molecular weight is 548 g/mol. The molecule has 0 bridgehead atoms. The summed E-state index contributed by atoms with van der Waals surface area (Å²) in [6, 6.07) is 27.4. The Bertz CT molecular complexity index is 1620. The molecule has 8 nitrogen and oxygen atoms in total. The van der Waals surface area contributed by atoms with Crippen molar-refractivity contribution in [2.75, 3.05) is 31.5 Å². The summed E-state index contributed by atoms with van der Waals surface area (Å²) in [5, 5.41) is 2.90. The number of ether oxygens (including phenoxy) is 3. The van der Waals surface area contributed by atoms with Gasteiger partial charge in [-0.05, 0) is 67.1 Å². The molecule has 1 aliphatic heterocycles. The molecular formula is C33H29N3O5. The minimum atomic E-state index is -0.311. The van der Waals surface area contributed by atoms with Crippen LogP contribution < -0.4 is 24.4 Å². The summed E-state index contributed by atoms with van der Waals surface area (Å²) in [5.41, 5.74) is 4.53. The highest BCUT2D eigenvalue weighted by Gasteiger charge is 2.32. The topological polar surface area (TPSA) is 89.5 Å². The van der Waals surface area contributed by atoms with Crippen molar-refractivity contribution in [2.24, 2.45) is 4.99 Å². The molecule has 1 heterocycles. The van der Waals surface area contributed by atoms with Crippen LogP contribution in [0.3, 0.4) is 0 Å². The van der Waals surface area contributed by atoms with Gasteiger partial charge in [0.05, 0.1) is 27.0 Å². The van der Waals surface area contributed by atoms with E-state index < -0.39 is 0 Å². The maximum absolute atomic E-state index is 13.8. The Morgan fingerprint density at radius 3 is 2.05 bits per heavy atom. The monoisotopic (exact) mass is 547 g/mol. The second kappa shape index (κ2) is 11.8. The van der Waals surface area contributed by atoms with Crippen LogP contribution in [0.4, 0.5) is 11.4 Å². The molecule has 0 aromatic heterocycles. The lowest BCUT2D eigenvalue weighted by Gasteiger charge is -2.19. The van der Waals surface area contributed by atoms with Crippen molar-refractivity contribution < 1.29 is 23.8 Å². The Kier molecular flexibility index (Phi) is 7.83. The van der Waals surface area contributed by atoms with E-state index in [1.165, 1.54) is 21.3 Å². The lowest BCUT2D eigenvalue weighted by molar-refractivity contribution is -0.113. The van der Waals surface area contributed by atoms with Gasteiger partial charge in [0.2, 0.25) is 5.75 Å². The van der Waals surface area contributed by atoms with Crippen molar-refractivity contribution in [1.82, 2.24) is 0 Å². The van der Waals surface area contributed by atoms with Gasteiger partial charge in [0.1, 0.15) is 11.5 Å². The highest BCUT2D eigenvalue weighted by molar-refractivity contribution is 6.33. The molecule has 0 aliphatic carbocycles. The fourth-order valence-corrected chi connectivity index (χ4v) is 4.48. The summed E-state index contributed by atoms with van der Waals surface area (Å²) in [7, 11) is 4.60. The number of nitrogens with one attached hydrogen (secondary N) is 1. The van der Waals surface area contributed by atoms with E-state index in [1.807, 2.05) is 61.5 Å². The first kappa shape index (κ1) is 27.2. The maximum atomic E-state index is 13.8. The van der Waals surface area contributed by atoms with Crippen LogP contribution in [0.15, 0.2) is 102 Å². The molecule has 0 unspecified atom stereocenters. The van der Waals surface area contributed by atoms with Gasteiger partial charge in [-0.15, -0.1) is 0 Å². The van der Waals surface area contributed by atoms with Crippen molar-refractivity contribution in [2.45, 2.75) is 6.92 Å². The first-order valence-electron chi connectivity index (χ1n) is 12.9. The van der Waals surface area contributed by atoms with Gasteiger partial charge in [-0.25, -0.2) is 4.99 Å². The number of benzene rings is 4. The van der Waals surface area contributed by atoms with Crippen LogP contribution in [0.1, 0.15) is 27.0 Å².